The zero-order chi connectivity index (χ0) is 16.9. The Bertz CT molecular complexity index is 454. The van der Waals surface area contributed by atoms with E-state index in [4.69, 9.17) is 9.84 Å². The predicted octanol–water partition coefficient (Wildman–Crippen LogP) is 5.99. The lowest BCUT2D eigenvalue weighted by Crippen LogP contribution is -2.02. The minimum Gasteiger partial charge on any atom is -0.493 e. The Morgan fingerprint density at radius 3 is 2.09 bits per heavy atom. The molecular weight excluding hydrogens is 288 g/mol. The smallest absolute Gasteiger partial charge is 0.335 e. The Labute approximate surface area is 141 Å². The van der Waals surface area contributed by atoms with Gasteiger partial charge in [0.25, 0.3) is 0 Å². The summed E-state index contributed by atoms with van der Waals surface area (Å²) in [6.07, 6.45) is 13.0. The van der Waals surface area contributed by atoms with Crippen molar-refractivity contribution in [3.05, 3.63) is 29.3 Å². The van der Waals surface area contributed by atoms with Crippen LogP contribution in [0.4, 0.5) is 0 Å². The summed E-state index contributed by atoms with van der Waals surface area (Å²) in [6, 6.07) is 5.04. The van der Waals surface area contributed by atoms with E-state index >= 15 is 0 Å². The first-order valence-electron chi connectivity index (χ1n) is 9.12. The molecule has 0 spiro atoms. The maximum Gasteiger partial charge on any atom is 0.335 e. The van der Waals surface area contributed by atoms with Crippen molar-refractivity contribution in [2.45, 2.75) is 78.1 Å². The molecule has 3 nitrogen and oxygen atoms in total. The van der Waals surface area contributed by atoms with Gasteiger partial charge in [0.1, 0.15) is 5.75 Å². The summed E-state index contributed by atoms with van der Waals surface area (Å²) in [5.41, 5.74) is 1.27. The molecule has 0 radical (unpaired) electrons. The number of hydrogen-bond acceptors (Lipinski definition) is 2. The van der Waals surface area contributed by atoms with Crippen LogP contribution in [-0.2, 0) is 0 Å². The van der Waals surface area contributed by atoms with E-state index in [1.165, 1.54) is 57.8 Å². The molecule has 3 heteroatoms. The summed E-state index contributed by atoms with van der Waals surface area (Å²) in [7, 11) is 0. The fourth-order valence-corrected chi connectivity index (χ4v) is 2.66. The topological polar surface area (TPSA) is 46.5 Å². The molecule has 0 bridgehead atoms. The van der Waals surface area contributed by atoms with E-state index < -0.39 is 5.97 Å². The molecule has 0 atom stereocenters. The van der Waals surface area contributed by atoms with Crippen molar-refractivity contribution in [3.63, 3.8) is 0 Å². The van der Waals surface area contributed by atoms with Crippen LogP contribution in [0.2, 0.25) is 0 Å². The number of aryl methyl sites for hydroxylation is 1. The Hall–Kier alpha value is -1.51. The van der Waals surface area contributed by atoms with E-state index in [0.29, 0.717) is 12.4 Å². The molecule has 1 rings (SSSR count). The third kappa shape index (κ3) is 8.63. The number of carboxylic acids is 1. The maximum absolute atomic E-state index is 11.0. The van der Waals surface area contributed by atoms with Crippen molar-refractivity contribution in [2.24, 2.45) is 0 Å². The maximum atomic E-state index is 11.0. The van der Waals surface area contributed by atoms with Gasteiger partial charge in [-0.1, -0.05) is 70.8 Å². The van der Waals surface area contributed by atoms with Crippen LogP contribution in [-0.4, -0.2) is 17.7 Å². The van der Waals surface area contributed by atoms with Gasteiger partial charge in [0.05, 0.1) is 12.2 Å². The Balaban J connectivity index is 2.07. The summed E-state index contributed by atoms with van der Waals surface area (Å²) >= 11 is 0. The first-order valence-corrected chi connectivity index (χ1v) is 9.12. The van der Waals surface area contributed by atoms with Crippen LogP contribution in [0.25, 0.3) is 0 Å². The molecule has 1 N–H and O–H groups in total. The molecule has 0 aliphatic carbocycles. The second kappa shape index (κ2) is 12.0. The number of hydrogen-bond donors (Lipinski definition) is 1. The number of rotatable bonds is 13. The molecule has 23 heavy (non-hydrogen) atoms. The SMILES string of the molecule is CCCCCCCCCCCCOc1cc(C(=O)O)ccc1C. The van der Waals surface area contributed by atoms with E-state index in [1.807, 2.05) is 6.92 Å². The van der Waals surface area contributed by atoms with Gasteiger partial charge in [0.15, 0.2) is 0 Å². The van der Waals surface area contributed by atoms with Gasteiger partial charge in [-0.05, 0) is 31.0 Å². The van der Waals surface area contributed by atoms with Gasteiger partial charge in [-0.2, -0.15) is 0 Å². The Morgan fingerprint density at radius 1 is 0.957 bits per heavy atom. The van der Waals surface area contributed by atoms with E-state index in [9.17, 15) is 4.79 Å². The van der Waals surface area contributed by atoms with Crippen LogP contribution in [0.5, 0.6) is 5.75 Å². The highest BCUT2D eigenvalue weighted by molar-refractivity contribution is 5.88. The Morgan fingerprint density at radius 2 is 1.52 bits per heavy atom. The number of unbranched alkanes of at least 4 members (excludes halogenated alkanes) is 9. The van der Waals surface area contributed by atoms with E-state index in [-0.39, 0.29) is 5.56 Å². The van der Waals surface area contributed by atoms with Crippen LogP contribution in [0.3, 0.4) is 0 Å². The fourth-order valence-electron chi connectivity index (χ4n) is 2.66. The van der Waals surface area contributed by atoms with Gasteiger partial charge >= 0.3 is 5.97 Å². The zero-order valence-electron chi connectivity index (χ0n) is 14.8. The average molecular weight is 320 g/mol. The average Bonchev–Trinajstić information content (AvgIpc) is 2.54. The molecule has 0 heterocycles. The monoisotopic (exact) mass is 320 g/mol. The van der Waals surface area contributed by atoms with Crippen molar-refractivity contribution in [1.82, 2.24) is 0 Å². The summed E-state index contributed by atoms with van der Waals surface area (Å²) in [5, 5.41) is 9.00. The fraction of sp³-hybridized carbons (Fsp3) is 0.650. The lowest BCUT2D eigenvalue weighted by molar-refractivity contribution is 0.0696. The van der Waals surface area contributed by atoms with Crippen LogP contribution in [0, 0.1) is 6.92 Å². The zero-order valence-corrected chi connectivity index (χ0v) is 14.8. The lowest BCUT2D eigenvalue weighted by Gasteiger charge is -2.10. The molecule has 1 aromatic rings. The van der Waals surface area contributed by atoms with E-state index in [2.05, 4.69) is 6.92 Å². The molecule has 0 aliphatic heterocycles. The number of carboxylic acid groups (broad SMARTS) is 1. The van der Waals surface area contributed by atoms with Crippen LogP contribution < -0.4 is 4.74 Å². The third-order valence-electron chi connectivity index (χ3n) is 4.19. The number of aromatic carboxylic acids is 1. The first kappa shape index (κ1) is 19.5. The molecule has 1 aromatic carbocycles. The summed E-state index contributed by atoms with van der Waals surface area (Å²) in [5.74, 6) is -0.213. The van der Waals surface area contributed by atoms with Crippen molar-refractivity contribution in [3.8, 4) is 5.75 Å². The van der Waals surface area contributed by atoms with Crippen molar-refractivity contribution >= 4 is 5.97 Å². The van der Waals surface area contributed by atoms with Crippen molar-refractivity contribution < 1.29 is 14.6 Å². The molecule has 130 valence electrons. The number of ether oxygens (including phenoxy) is 1. The third-order valence-corrected chi connectivity index (χ3v) is 4.19. The molecular formula is C20H32O3. The van der Waals surface area contributed by atoms with E-state index in [0.717, 1.165) is 12.0 Å². The molecule has 0 fully saturated rings. The van der Waals surface area contributed by atoms with E-state index in [1.54, 1.807) is 18.2 Å². The molecule has 0 amide bonds. The quantitative estimate of drug-likeness (QED) is 0.454. The summed E-state index contributed by atoms with van der Waals surface area (Å²) in [6.45, 7) is 4.86. The molecule has 0 saturated carbocycles. The molecule has 0 unspecified atom stereocenters. The summed E-state index contributed by atoms with van der Waals surface area (Å²) < 4.78 is 5.74. The van der Waals surface area contributed by atoms with Gasteiger partial charge in [-0.25, -0.2) is 4.79 Å². The second-order valence-electron chi connectivity index (χ2n) is 6.32. The lowest BCUT2D eigenvalue weighted by atomic mass is 10.1. The van der Waals surface area contributed by atoms with Gasteiger partial charge in [-0.3, -0.25) is 0 Å². The molecule has 0 aliphatic rings. The van der Waals surface area contributed by atoms with Crippen molar-refractivity contribution in [2.75, 3.05) is 6.61 Å². The van der Waals surface area contributed by atoms with Crippen LogP contribution in [0.1, 0.15) is 87.1 Å². The second-order valence-corrected chi connectivity index (χ2v) is 6.32. The van der Waals surface area contributed by atoms with Gasteiger partial charge in [-0.15, -0.1) is 0 Å². The highest BCUT2D eigenvalue weighted by Crippen LogP contribution is 2.20. The Kier molecular flexibility index (Phi) is 10.2. The van der Waals surface area contributed by atoms with Crippen LogP contribution >= 0.6 is 0 Å². The van der Waals surface area contributed by atoms with Gasteiger partial charge in [0.2, 0.25) is 0 Å². The normalized spacial score (nSPS) is 10.7. The minimum absolute atomic E-state index is 0.286. The predicted molar refractivity (Wildman–Crippen MR) is 95.5 cm³/mol. The van der Waals surface area contributed by atoms with Gasteiger partial charge < -0.3 is 9.84 Å². The highest BCUT2D eigenvalue weighted by atomic mass is 16.5. The number of benzene rings is 1. The molecule has 0 saturated heterocycles. The van der Waals surface area contributed by atoms with Crippen LogP contribution in [0.15, 0.2) is 18.2 Å². The first-order chi connectivity index (χ1) is 11.1. The number of carbonyl (C=O) groups is 1. The largest absolute Gasteiger partial charge is 0.493 e. The van der Waals surface area contributed by atoms with Crippen molar-refractivity contribution in [1.29, 1.82) is 0 Å². The molecule has 0 aromatic heterocycles. The minimum atomic E-state index is -0.909. The standard InChI is InChI=1S/C20H32O3/c1-3-4-5-6-7-8-9-10-11-12-15-23-19-16-18(20(21)22)14-13-17(19)2/h13-14,16H,3-12,15H2,1-2H3,(H,21,22). The highest BCUT2D eigenvalue weighted by Gasteiger charge is 2.06. The summed E-state index contributed by atoms with van der Waals surface area (Å²) in [4.78, 5) is 11.0. The van der Waals surface area contributed by atoms with Gasteiger partial charge in [0, 0.05) is 0 Å².